The Hall–Kier alpha value is -2.64. The number of sulfonamides is 1. The van der Waals surface area contributed by atoms with Crippen molar-refractivity contribution >= 4 is 10.0 Å². The van der Waals surface area contributed by atoms with Gasteiger partial charge in [0.1, 0.15) is 5.75 Å². The summed E-state index contributed by atoms with van der Waals surface area (Å²) in [4.78, 5) is 0.242. The van der Waals surface area contributed by atoms with Gasteiger partial charge >= 0.3 is 0 Å². The maximum atomic E-state index is 13.3. The number of hydrogen-bond acceptors (Lipinski definition) is 4. The molecular formula is C20H21N3O3S. The minimum Gasteiger partial charge on any atom is -0.497 e. The Labute approximate surface area is 159 Å². The number of aromatic nitrogens is 2. The minimum atomic E-state index is -3.65. The average Bonchev–Trinajstić information content (AvgIpc) is 3.13. The van der Waals surface area contributed by atoms with Crippen LogP contribution >= 0.6 is 0 Å². The van der Waals surface area contributed by atoms with E-state index in [-0.39, 0.29) is 10.8 Å². The van der Waals surface area contributed by atoms with Gasteiger partial charge in [0.05, 0.1) is 18.2 Å². The molecule has 1 aliphatic heterocycles. The van der Waals surface area contributed by atoms with Crippen LogP contribution in [0.2, 0.25) is 0 Å². The van der Waals surface area contributed by atoms with Crippen molar-refractivity contribution in [1.29, 1.82) is 0 Å². The number of methoxy groups -OCH3 is 1. The van der Waals surface area contributed by atoms with Gasteiger partial charge in [-0.05, 0) is 28.8 Å². The molecule has 2 heterocycles. The molecule has 4 rings (SSSR count). The summed E-state index contributed by atoms with van der Waals surface area (Å²) in [5.41, 5.74) is 3.18. The maximum absolute atomic E-state index is 13.3. The topological polar surface area (TPSA) is 64.4 Å². The highest BCUT2D eigenvalue weighted by Crippen LogP contribution is 2.36. The molecular weight excluding hydrogens is 362 g/mol. The molecule has 0 aliphatic carbocycles. The Morgan fingerprint density at radius 3 is 2.70 bits per heavy atom. The van der Waals surface area contributed by atoms with E-state index in [2.05, 4.69) is 11.2 Å². The predicted octanol–water partition coefficient (Wildman–Crippen LogP) is 2.77. The second kappa shape index (κ2) is 6.83. The first-order valence-corrected chi connectivity index (χ1v) is 10.1. The highest BCUT2D eigenvalue weighted by atomic mass is 32.2. The summed E-state index contributed by atoms with van der Waals surface area (Å²) in [6.45, 7) is 0.731. The van der Waals surface area contributed by atoms with E-state index in [0.717, 1.165) is 16.7 Å². The summed E-state index contributed by atoms with van der Waals surface area (Å²) >= 11 is 0. The lowest BCUT2D eigenvalue weighted by Gasteiger charge is -2.33. The number of aryl methyl sites for hydroxylation is 1. The van der Waals surface area contributed by atoms with E-state index < -0.39 is 10.0 Å². The third kappa shape index (κ3) is 3.24. The first-order chi connectivity index (χ1) is 13.0. The van der Waals surface area contributed by atoms with Crippen molar-refractivity contribution in [2.75, 3.05) is 13.7 Å². The lowest BCUT2D eigenvalue weighted by atomic mass is 9.87. The van der Waals surface area contributed by atoms with Gasteiger partial charge in [-0.25, -0.2) is 8.42 Å². The fourth-order valence-electron chi connectivity index (χ4n) is 3.57. The van der Waals surface area contributed by atoms with Gasteiger partial charge in [0.15, 0.2) is 0 Å². The van der Waals surface area contributed by atoms with Crippen molar-refractivity contribution in [2.45, 2.75) is 17.4 Å². The zero-order chi connectivity index (χ0) is 19.0. The van der Waals surface area contributed by atoms with E-state index in [4.69, 9.17) is 4.74 Å². The lowest BCUT2D eigenvalue weighted by Crippen LogP contribution is -2.38. The molecule has 0 saturated heterocycles. The Kier molecular flexibility index (Phi) is 4.49. The van der Waals surface area contributed by atoms with Crippen LogP contribution in [-0.2, 0) is 23.6 Å². The van der Waals surface area contributed by atoms with Crippen LogP contribution in [0, 0.1) is 0 Å². The van der Waals surface area contributed by atoms with Crippen LogP contribution in [0.3, 0.4) is 0 Å². The van der Waals surface area contributed by atoms with E-state index in [1.54, 1.807) is 33.3 Å². The highest BCUT2D eigenvalue weighted by Gasteiger charge is 2.34. The van der Waals surface area contributed by atoms with Crippen molar-refractivity contribution < 1.29 is 13.2 Å². The summed E-state index contributed by atoms with van der Waals surface area (Å²) in [6, 6.07) is 14.6. The maximum Gasteiger partial charge on any atom is 0.243 e. The normalized spacial score (nSPS) is 17.5. The van der Waals surface area contributed by atoms with Gasteiger partial charge in [0.25, 0.3) is 0 Å². The molecule has 0 amide bonds. The fraction of sp³-hybridized carbons (Fsp3) is 0.250. The largest absolute Gasteiger partial charge is 0.497 e. The van der Waals surface area contributed by atoms with E-state index >= 15 is 0 Å². The van der Waals surface area contributed by atoms with Crippen LogP contribution < -0.4 is 4.74 Å². The SMILES string of the molecule is COc1cccc(S(=O)(=O)N2Cc3ccccc3C(c3cnn(C)c3)C2)c1. The van der Waals surface area contributed by atoms with Crippen LogP contribution in [0.15, 0.2) is 65.8 Å². The van der Waals surface area contributed by atoms with E-state index in [1.807, 2.05) is 37.6 Å². The van der Waals surface area contributed by atoms with Crippen LogP contribution in [0.4, 0.5) is 0 Å². The van der Waals surface area contributed by atoms with E-state index in [1.165, 1.54) is 7.11 Å². The zero-order valence-corrected chi connectivity index (χ0v) is 16.1. The van der Waals surface area contributed by atoms with Crippen molar-refractivity contribution in [2.24, 2.45) is 7.05 Å². The molecule has 0 radical (unpaired) electrons. The number of fused-ring (bicyclic) bond motifs is 1. The summed E-state index contributed by atoms with van der Waals surface area (Å²) in [5, 5.41) is 4.26. The summed E-state index contributed by atoms with van der Waals surface area (Å²) < 4.78 is 35.1. The zero-order valence-electron chi connectivity index (χ0n) is 15.2. The minimum absolute atomic E-state index is 0.0518. The summed E-state index contributed by atoms with van der Waals surface area (Å²) in [5.74, 6) is 0.473. The van der Waals surface area contributed by atoms with E-state index in [0.29, 0.717) is 18.8 Å². The Balaban J connectivity index is 1.76. The molecule has 0 saturated carbocycles. The molecule has 27 heavy (non-hydrogen) atoms. The van der Waals surface area contributed by atoms with Gasteiger partial charge in [0, 0.05) is 38.3 Å². The molecule has 0 spiro atoms. The molecule has 140 valence electrons. The number of benzene rings is 2. The number of hydrogen-bond donors (Lipinski definition) is 0. The van der Waals surface area contributed by atoms with Crippen molar-refractivity contribution in [3.05, 3.63) is 77.6 Å². The molecule has 0 N–H and O–H groups in total. The smallest absolute Gasteiger partial charge is 0.243 e. The van der Waals surface area contributed by atoms with Crippen molar-refractivity contribution in [3.63, 3.8) is 0 Å². The standard InChI is InChI=1S/C20H21N3O3S/c1-22-12-16(11-21-22)20-14-23(13-15-6-3-4-9-19(15)20)27(24,25)18-8-5-7-17(10-18)26-2/h3-12,20H,13-14H2,1-2H3. The van der Waals surface area contributed by atoms with Crippen molar-refractivity contribution in [3.8, 4) is 5.75 Å². The number of rotatable bonds is 4. The second-order valence-corrected chi connectivity index (χ2v) is 8.61. The predicted molar refractivity (Wildman–Crippen MR) is 102 cm³/mol. The monoisotopic (exact) mass is 383 g/mol. The number of nitrogens with zero attached hydrogens (tertiary/aromatic N) is 3. The highest BCUT2D eigenvalue weighted by molar-refractivity contribution is 7.89. The Morgan fingerprint density at radius 2 is 1.96 bits per heavy atom. The van der Waals surface area contributed by atoms with Gasteiger partial charge in [-0.15, -0.1) is 0 Å². The molecule has 2 aromatic carbocycles. The molecule has 1 unspecified atom stereocenters. The molecule has 1 atom stereocenters. The molecule has 0 bridgehead atoms. The first-order valence-electron chi connectivity index (χ1n) is 8.69. The first kappa shape index (κ1) is 17.8. The van der Waals surface area contributed by atoms with Crippen LogP contribution in [0.25, 0.3) is 0 Å². The molecule has 7 heteroatoms. The van der Waals surface area contributed by atoms with Gasteiger partial charge in [-0.3, -0.25) is 4.68 Å². The second-order valence-electron chi connectivity index (χ2n) is 6.68. The van der Waals surface area contributed by atoms with Crippen LogP contribution in [0.5, 0.6) is 5.75 Å². The average molecular weight is 383 g/mol. The lowest BCUT2D eigenvalue weighted by molar-refractivity contribution is 0.371. The van der Waals surface area contributed by atoms with Gasteiger partial charge < -0.3 is 4.74 Å². The van der Waals surface area contributed by atoms with Gasteiger partial charge in [-0.2, -0.15) is 9.40 Å². The molecule has 3 aromatic rings. The van der Waals surface area contributed by atoms with E-state index in [9.17, 15) is 8.42 Å². The molecule has 1 aliphatic rings. The fourth-order valence-corrected chi connectivity index (χ4v) is 5.04. The summed E-state index contributed by atoms with van der Waals surface area (Å²) in [7, 11) is -0.252. The third-order valence-corrected chi connectivity index (χ3v) is 6.78. The van der Waals surface area contributed by atoms with Crippen LogP contribution in [0.1, 0.15) is 22.6 Å². The Morgan fingerprint density at radius 1 is 1.15 bits per heavy atom. The Bertz CT molecular complexity index is 1080. The molecule has 6 nitrogen and oxygen atoms in total. The molecule has 0 fully saturated rings. The van der Waals surface area contributed by atoms with Crippen molar-refractivity contribution in [1.82, 2.24) is 14.1 Å². The quantitative estimate of drug-likeness (QED) is 0.695. The van der Waals surface area contributed by atoms with Gasteiger partial charge in [0.2, 0.25) is 10.0 Å². The van der Waals surface area contributed by atoms with Gasteiger partial charge in [-0.1, -0.05) is 30.3 Å². The summed E-state index contributed by atoms with van der Waals surface area (Å²) in [6.07, 6.45) is 3.76. The van der Waals surface area contributed by atoms with Crippen LogP contribution in [-0.4, -0.2) is 36.2 Å². The number of ether oxygens (including phenoxy) is 1. The third-order valence-electron chi connectivity index (χ3n) is 4.97. The molecule has 1 aromatic heterocycles.